The average molecular weight is 439 g/mol. The Hall–Kier alpha value is -0.900. The second-order valence-electron chi connectivity index (χ2n) is 5.35. The molecule has 0 spiro atoms. The molecule has 0 bridgehead atoms. The minimum absolute atomic E-state index is 0. The number of hydrogen-bond acceptors (Lipinski definition) is 4. The third-order valence-corrected chi connectivity index (χ3v) is 3.85. The topological polar surface area (TPSA) is 69.6 Å². The predicted molar refractivity (Wildman–Crippen MR) is 103 cm³/mol. The Bertz CT molecular complexity index is 494. The molecule has 0 radical (unpaired) electrons. The number of hydrogen-bond donors (Lipinski definition) is 2. The van der Waals surface area contributed by atoms with Crippen LogP contribution in [0.25, 0.3) is 0 Å². The number of rotatable bonds is 5. The standard InChI is InChI=1S/C14H25N5OS.HI/c1-9(2)17-14(16-8-13(20)19(5)6)15-7-12-18-10(3)11(4)21-12;/h9H,7-8H2,1-6H3,(H2,15,16,17);1H. The molecular weight excluding hydrogens is 413 g/mol. The Labute approximate surface area is 153 Å². The first-order chi connectivity index (χ1) is 9.79. The van der Waals surface area contributed by atoms with Crippen LogP contribution >= 0.6 is 35.3 Å². The van der Waals surface area contributed by atoms with Crippen molar-refractivity contribution in [3.05, 3.63) is 15.6 Å². The number of guanidine groups is 1. The number of carbonyl (C=O) groups is 1. The van der Waals surface area contributed by atoms with Crippen LogP contribution in [-0.2, 0) is 11.3 Å². The van der Waals surface area contributed by atoms with E-state index in [1.54, 1.807) is 25.4 Å². The number of thiazole rings is 1. The highest BCUT2D eigenvalue weighted by Crippen LogP contribution is 2.15. The van der Waals surface area contributed by atoms with Gasteiger partial charge in [0.25, 0.3) is 0 Å². The maximum Gasteiger partial charge on any atom is 0.243 e. The molecule has 0 aliphatic heterocycles. The van der Waals surface area contributed by atoms with Crippen LogP contribution in [0.3, 0.4) is 0 Å². The van der Waals surface area contributed by atoms with Crippen molar-refractivity contribution in [1.29, 1.82) is 0 Å². The van der Waals surface area contributed by atoms with Gasteiger partial charge in [-0.15, -0.1) is 35.3 Å². The smallest absolute Gasteiger partial charge is 0.243 e. The molecule has 8 heteroatoms. The summed E-state index contributed by atoms with van der Waals surface area (Å²) in [4.78, 5) is 23.2. The minimum Gasteiger partial charge on any atom is -0.354 e. The quantitative estimate of drug-likeness (QED) is 0.418. The molecule has 0 saturated carbocycles. The molecule has 0 unspecified atom stereocenters. The zero-order valence-corrected chi connectivity index (χ0v) is 17.2. The highest BCUT2D eigenvalue weighted by atomic mass is 127. The van der Waals surface area contributed by atoms with Crippen LogP contribution in [0.4, 0.5) is 0 Å². The number of nitrogens with one attached hydrogen (secondary N) is 2. The fourth-order valence-corrected chi connectivity index (χ4v) is 2.36. The Balaban J connectivity index is 0.00000441. The Morgan fingerprint density at radius 2 is 2.00 bits per heavy atom. The number of aromatic nitrogens is 1. The van der Waals surface area contributed by atoms with E-state index in [-0.39, 0.29) is 42.5 Å². The second-order valence-corrected chi connectivity index (χ2v) is 6.64. The van der Waals surface area contributed by atoms with Crippen molar-refractivity contribution in [2.75, 3.05) is 20.6 Å². The summed E-state index contributed by atoms with van der Waals surface area (Å²) in [5.41, 5.74) is 1.06. The second kappa shape index (κ2) is 9.98. The van der Waals surface area contributed by atoms with Crippen LogP contribution in [0.1, 0.15) is 29.4 Å². The van der Waals surface area contributed by atoms with Gasteiger partial charge < -0.3 is 15.5 Å². The van der Waals surface area contributed by atoms with E-state index in [0.717, 1.165) is 10.7 Å². The molecule has 0 atom stereocenters. The lowest BCUT2D eigenvalue weighted by atomic mass is 10.4. The van der Waals surface area contributed by atoms with Gasteiger partial charge in [-0.05, 0) is 27.7 Å². The van der Waals surface area contributed by atoms with E-state index >= 15 is 0 Å². The lowest BCUT2D eigenvalue weighted by Crippen LogP contribution is -2.41. The summed E-state index contributed by atoms with van der Waals surface area (Å²) >= 11 is 1.67. The highest BCUT2D eigenvalue weighted by molar-refractivity contribution is 14.0. The van der Waals surface area contributed by atoms with Crippen LogP contribution in [0.5, 0.6) is 0 Å². The van der Waals surface area contributed by atoms with Gasteiger partial charge in [-0.3, -0.25) is 4.79 Å². The van der Waals surface area contributed by atoms with E-state index in [4.69, 9.17) is 0 Å². The van der Waals surface area contributed by atoms with Gasteiger partial charge in [0.1, 0.15) is 11.6 Å². The van der Waals surface area contributed by atoms with Crippen molar-refractivity contribution in [2.45, 2.75) is 40.3 Å². The van der Waals surface area contributed by atoms with Crippen molar-refractivity contribution in [3.63, 3.8) is 0 Å². The summed E-state index contributed by atoms with van der Waals surface area (Å²) in [7, 11) is 3.45. The Morgan fingerprint density at radius 3 is 2.45 bits per heavy atom. The molecule has 22 heavy (non-hydrogen) atoms. The van der Waals surface area contributed by atoms with Gasteiger partial charge in [-0.1, -0.05) is 0 Å². The number of nitrogens with zero attached hydrogens (tertiary/aromatic N) is 3. The fourth-order valence-electron chi connectivity index (χ4n) is 1.49. The summed E-state index contributed by atoms with van der Waals surface area (Å²) in [6, 6.07) is 0.241. The number of aliphatic imine (C=N–C) groups is 1. The molecule has 0 aliphatic rings. The average Bonchev–Trinajstić information content (AvgIpc) is 2.71. The van der Waals surface area contributed by atoms with Crippen molar-refractivity contribution < 1.29 is 4.79 Å². The van der Waals surface area contributed by atoms with E-state index < -0.39 is 0 Å². The molecule has 0 aliphatic carbocycles. The fraction of sp³-hybridized carbons (Fsp3) is 0.643. The number of carbonyl (C=O) groups excluding carboxylic acids is 1. The van der Waals surface area contributed by atoms with Crippen LogP contribution in [-0.4, -0.2) is 48.4 Å². The molecular formula is C14H26IN5OS. The van der Waals surface area contributed by atoms with Crippen molar-refractivity contribution in [1.82, 2.24) is 20.5 Å². The van der Waals surface area contributed by atoms with E-state index in [1.807, 2.05) is 20.8 Å². The normalized spacial score (nSPS) is 11.1. The molecule has 1 amide bonds. The van der Waals surface area contributed by atoms with Crippen molar-refractivity contribution in [2.24, 2.45) is 4.99 Å². The number of amides is 1. The van der Waals surface area contributed by atoms with E-state index in [0.29, 0.717) is 12.5 Å². The zero-order valence-electron chi connectivity index (χ0n) is 14.1. The van der Waals surface area contributed by atoms with Gasteiger partial charge in [0, 0.05) is 25.0 Å². The van der Waals surface area contributed by atoms with Crippen molar-refractivity contribution in [3.8, 4) is 0 Å². The first-order valence-electron chi connectivity index (χ1n) is 6.97. The third kappa shape index (κ3) is 7.39. The van der Waals surface area contributed by atoms with Crippen LogP contribution < -0.4 is 10.6 Å². The first kappa shape index (κ1) is 21.1. The Morgan fingerprint density at radius 1 is 1.36 bits per heavy atom. The summed E-state index contributed by atoms with van der Waals surface area (Å²) < 4.78 is 0. The van der Waals surface area contributed by atoms with Crippen LogP contribution in [0, 0.1) is 13.8 Å². The highest BCUT2D eigenvalue weighted by Gasteiger charge is 2.08. The Kier molecular flexibility index (Phi) is 9.58. The largest absolute Gasteiger partial charge is 0.354 e. The summed E-state index contributed by atoms with van der Waals surface area (Å²) in [5.74, 6) is 0.603. The van der Waals surface area contributed by atoms with Gasteiger partial charge in [-0.2, -0.15) is 0 Å². The maximum absolute atomic E-state index is 11.6. The first-order valence-corrected chi connectivity index (χ1v) is 7.79. The molecule has 0 saturated heterocycles. The number of aryl methyl sites for hydroxylation is 2. The number of halogens is 1. The third-order valence-electron chi connectivity index (χ3n) is 2.78. The monoisotopic (exact) mass is 439 g/mol. The van der Waals surface area contributed by atoms with Gasteiger partial charge in [0.15, 0.2) is 5.96 Å². The van der Waals surface area contributed by atoms with Crippen LogP contribution in [0.2, 0.25) is 0 Å². The lowest BCUT2D eigenvalue weighted by molar-refractivity contribution is -0.127. The van der Waals surface area contributed by atoms with E-state index in [1.165, 1.54) is 9.78 Å². The summed E-state index contributed by atoms with van der Waals surface area (Å²) in [6.45, 7) is 8.87. The van der Waals surface area contributed by atoms with Gasteiger partial charge in [0.2, 0.25) is 5.91 Å². The maximum atomic E-state index is 11.6. The van der Waals surface area contributed by atoms with Gasteiger partial charge in [-0.25, -0.2) is 9.98 Å². The SMILES string of the molecule is Cc1nc(CNC(=NCC(=O)N(C)C)NC(C)C)sc1C.I. The molecule has 1 rings (SSSR count). The van der Waals surface area contributed by atoms with Crippen LogP contribution in [0.15, 0.2) is 4.99 Å². The van der Waals surface area contributed by atoms with Gasteiger partial charge >= 0.3 is 0 Å². The zero-order chi connectivity index (χ0) is 16.0. The number of likely N-dealkylation sites (N-methyl/N-ethyl adjacent to an activating group) is 1. The lowest BCUT2D eigenvalue weighted by Gasteiger charge is -2.15. The van der Waals surface area contributed by atoms with E-state index in [9.17, 15) is 4.79 Å². The predicted octanol–water partition coefficient (Wildman–Crippen LogP) is 1.91. The molecule has 2 N–H and O–H groups in total. The molecule has 0 aromatic carbocycles. The molecule has 0 fully saturated rings. The summed E-state index contributed by atoms with van der Waals surface area (Å²) in [6.07, 6.45) is 0. The molecule has 6 nitrogen and oxygen atoms in total. The molecule has 1 heterocycles. The molecule has 1 aromatic rings. The van der Waals surface area contributed by atoms with Gasteiger partial charge in [0.05, 0.1) is 12.2 Å². The molecule has 126 valence electrons. The van der Waals surface area contributed by atoms with Crippen molar-refractivity contribution >= 4 is 47.2 Å². The minimum atomic E-state index is -0.0270. The molecule has 1 aromatic heterocycles. The van der Waals surface area contributed by atoms with E-state index in [2.05, 4.69) is 27.5 Å². The summed E-state index contributed by atoms with van der Waals surface area (Å²) in [5, 5.41) is 7.44.